The molecule has 2 fully saturated rings. The summed E-state index contributed by atoms with van der Waals surface area (Å²) in [4.78, 5) is 0. The van der Waals surface area contributed by atoms with Crippen LogP contribution in [-0.4, -0.2) is 35.3 Å². The largest absolute Gasteiger partial charge is 0.396 e. The van der Waals surface area contributed by atoms with Gasteiger partial charge in [-0.1, -0.05) is 0 Å². The zero-order valence-corrected chi connectivity index (χ0v) is 7.13. The smallest absolute Gasteiger partial charge is 0.257 e. The monoisotopic (exact) mass is 214 g/mol. The van der Waals surface area contributed by atoms with Crippen LogP contribution in [-0.2, 0) is 0 Å². The molecule has 2 saturated carbocycles. The summed E-state index contributed by atoms with van der Waals surface area (Å²) in [7, 11) is 0. The van der Waals surface area contributed by atoms with E-state index in [2.05, 4.69) is 0 Å². The topological polar surface area (TPSA) is 40.5 Å². The van der Waals surface area contributed by atoms with Crippen molar-refractivity contribution in [3.8, 4) is 0 Å². The Labute approximate surface area is 77.5 Å². The Bertz CT molecular complexity index is 230. The van der Waals surface area contributed by atoms with Gasteiger partial charge < -0.3 is 10.2 Å². The highest BCUT2D eigenvalue weighted by Crippen LogP contribution is 2.71. The molecular weight excluding hydrogens is 204 g/mol. The predicted octanol–water partition coefficient (Wildman–Crippen LogP) is 0.734. The number of rotatable bonds is 3. The Hall–Kier alpha value is -0.360. The molecule has 2 N–H and O–H groups in total. The highest BCUT2D eigenvalue weighted by molar-refractivity contribution is 5.20. The van der Waals surface area contributed by atoms with Gasteiger partial charge in [0.25, 0.3) is 11.8 Å². The first-order valence-corrected chi connectivity index (χ1v) is 4.36. The number of alkyl halides is 4. The van der Waals surface area contributed by atoms with Crippen molar-refractivity contribution >= 4 is 0 Å². The molecule has 2 nitrogen and oxygen atoms in total. The molecule has 0 aromatic rings. The fraction of sp³-hybridized carbons (Fsp3) is 1.00. The molecule has 0 amide bonds. The maximum Gasteiger partial charge on any atom is 0.257 e. The molecule has 0 spiro atoms. The summed E-state index contributed by atoms with van der Waals surface area (Å²) in [5.74, 6) is -12.0. The molecule has 2 rings (SSSR count). The van der Waals surface area contributed by atoms with Gasteiger partial charge >= 0.3 is 0 Å². The van der Waals surface area contributed by atoms with E-state index in [1.165, 1.54) is 0 Å². The quantitative estimate of drug-likeness (QED) is 0.680. The molecule has 2 aliphatic rings. The molecule has 0 saturated heterocycles. The van der Waals surface area contributed by atoms with E-state index in [1.54, 1.807) is 0 Å². The average molecular weight is 214 g/mol. The minimum Gasteiger partial charge on any atom is -0.396 e. The second kappa shape index (κ2) is 2.61. The molecule has 0 aromatic heterocycles. The lowest BCUT2D eigenvalue weighted by Gasteiger charge is -1.93. The summed E-state index contributed by atoms with van der Waals surface area (Å²) in [5, 5.41) is 17.1. The third-order valence-electron chi connectivity index (χ3n) is 3.31. The van der Waals surface area contributed by atoms with Crippen LogP contribution in [0.3, 0.4) is 0 Å². The van der Waals surface area contributed by atoms with E-state index in [9.17, 15) is 17.6 Å². The molecular formula is C8H10F4O2. The van der Waals surface area contributed by atoms with Gasteiger partial charge in [-0.2, -0.15) is 0 Å². The first-order chi connectivity index (χ1) is 6.39. The first kappa shape index (κ1) is 10.2. The zero-order chi connectivity index (χ0) is 10.7. The number of hydrogen-bond acceptors (Lipinski definition) is 2. The molecule has 14 heavy (non-hydrogen) atoms. The Kier molecular flexibility index (Phi) is 1.89. The van der Waals surface area contributed by atoms with Gasteiger partial charge in [0.2, 0.25) is 0 Å². The van der Waals surface area contributed by atoms with Crippen molar-refractivity contribution in [2.75, 3.05) is 13.2 Å². The van der Waals surface area contributed by atoms with Crippen LogP contribution in [0.5, 0.6) is 0 Å². The molecule has 0 unspecified atom stereocenters. The average Bonchev–Trinajstić information content (AvgIpc) is 2.81. The van der Waals surface area contributed by atoms with Gasteiger partial charge in [0.15, 0.2) is 0 Å². The van der Waals surface area contributed by atoms with Crippen molar-refractivity contribution in [3.05, 3.63) is 0 Å². The summed E-state index contributed by atoms with van der Waals surface area (Å²) in [6, 6.07) is 0. The lowest BCUT2D eigenvalue weighted by atomic mass is 10.2. The van der Waals surface area contributed by atoms with E-state index in [0.29, 0.717) is 0 Å². The highest BCUT2D eigenvalue weighted by Gasteiger charge is 2.83. The molecule has 0 heterocycles. The van der Waals surface area contributed by atoms with Crippen LogP contribution < -0.4 is 0 Å². The van der Waals surface area contributed by atoms with Gasteiger partial charge in [0.05, 0.1) is 25.0 Å². The number of aliphatic hydroxyl groups excluding tert-OH is 2. The van der Waals surface area contributed by atoms with Crippen LogP contribution in [0.15, 0.2) is 0 Å². The SMILES string of the molecule is OC[C@@H]1[C@@H]([C@H]2[C@H](CO)C2(F)F)C1(F)F. The maximum atomic E-state index is 12.8. The Morgan fingerprint density at radius 3 is 1.21 bits per heavy atom. The Morgan fingerprint density at radius 2 is 1.07 bits per heavy atom. The van der Waals surface area contributed by atoms with Crippen LogP contribution in [0.1, 0.15) is 0 Å². The summed E-state index contributed by atoms with van der Waals surface area (Å²) in [6.07, 6.45) is 0. The van der Waals surface area contributed by atoms with Crippen molar-refractivity contribution in [1.29, 1.82) is 0 Å². The highest BCUT2D eigenvalue weighted by atomic mass is 19.3. The summed E-state index contributed by atoms with van der Waals surface area (Å²) >= 11 is 0. The molecule has 6 heteroatoms. The van der Waals surface area contributed by atoms with Crippen molar-refractivity contribution in [1.82, 2.24) is 0 Å². The Balaban J connectivity index is 2.07. The van der Waals surface area contributed by atoms with Gasteiger partial charge in [-0.3, -0.25) is 0 Å². The fourth-order valence-corrected chi connectivity index (χ4v) is 2.28. The van der Waals surface area contributed by atoms with Gasteiger partial charge in [-0.15, -0.1) is 0 Å². The molecule has 0 radical (unpaired) electrons. The van der Waals surface area contributed by atoms with E-state index in [-0.39, 0.29) is 0 Å². The summed E-state index contributed by atoms with van der Waals surface area (Å²) < 4.78 is 51.3. The molecule has 0 aromatic carbocycles. The van der Waals surface area contributed by atoms with E-state index >= 15 is 0 Å². The molecule has 0 bridgehead atoms. The second-order valence-corrected chi connectivity index (χ2v) is 3.98. The van der Waals surface area contributed by atoms with E-state index < -0.39 is 48.7 Å². The standard InChI is InChI=1S/C8H10F4O2/c9-7(10)3(1-13)5(7)6-4(2-14)8(6,11)12/h3-6,13-14H,1-2H2/t3-,4+,5+,6-. The molecule has 82 valence electrons. The summed E-state index contributed by atoms with van der Waals surface area (Å²) in [6.45, 7) is -1.55. The van der Waals surface area contributed by atoms with Gasteiger partial charge in [-0.05, 0) is 0 Å². The van der Waals surface area contributed by atoms with Crippen molar-refractivity contribution < 1.29 is 27.8 Å². The zero-order valence-electron chi connectivity index (χ0n) is 7.13. The first-order valence-electron chi connectivity index (χ1n) is 4.36. The minimum absolute atomic E-state index is 0.775. The van der Waals surface area contributed by atoms with Crippen LogP contribution in [0, 0.1) is 23.7 Å². The van der Waals surface area contributed by atoms with Crippen LogP contribution in [0.25, 0.3) is 0 Å². The minimum atomic E-state index is -3.19. The normalized spacial score (nSPS) is 47.6. The van der Waals surface area contributed by atoms with Crippen molar-refractivity contribution in [3.63, 3.8) is 0 Å². The molecule has 4 atom stereocenters. The summed E-state index contributed by atoms with van der Waals surface area (Å²) in [5.41, 5.74) is 0. The maximum absolute atomic E-state index is 12.8. The third-order valence-corrected chi connectivity index (χ3v) is 3.31. The molecule has 0 aliphatic heterocycles. The predicted molar refractivity (Wildman–Crippen MR) is 38.0 cm³/mol. The van der Waals surface area contributed by atoms with Crippen LogP contribution >= 0.6 is 0 Å². The van der Waals surface area contributed by atoms with Crippen LogP contribution in [0.4, 0.5) is 17.6 Å². The fourth-order valence-electron chi connectivity index (χ4n) is 2.28. The van der Waals surface area contributed by atoms with E-state index in [0.717, 1.165) is 0 Å². The lowest BCUT2D eigenvalue weighted by molar-refractivity contribution is 0.0467. The van der Waals surface area contributed by atoms with E-state index in [4.69, 9.17) is 10.2 Å². The second-order valence-electron chi connectivity index (χ2n) is 3.98. The van der Waals surface area contributed by atoms with Crippen molar-refractivity contribution in [2.24, 2.45) is 23.7 Å². The Morgan fingerprint density at radius 1 is 0.786 bits per heavy atom. The van der Waals surface area contributed by atoms with Gasteiger partial charge in [-0.25, -0.2) is 17.6 Å². The number of hydrogen-bond donors (Lipinski definition) is 2. The lowest BCUT2D eigenvalue weighted by Crippen LogP contribution is -2.01. The number of aliphatic hydroxyl groups is 2. The third kappa shape index (κ3) is 1.04. The van der Waals surface area contributed by atoms with Crippen molar-refractivity contribution in [2.45, 2.75) is 11.8 Å². The molecule has 2 aliphatic carbocycles. The van der Waals surface area contributed by atoms with Gasteiger partial charge in [0.1, 0.15) is 0 Å². The van der Waals surface area contributed by atoms with Gasteiger partial charge in [0, 0.05) is 11.8 Å². The van der Waals surface area contributed by atoms with Crippen LogP contribution in [0.2, 0.25) is 0 Å². The number of halogens is 4. The van der Waals surface area contributed by atoms with E-state index in [1.807, 2.05) is 0 Å².